The Morgan fingerprint density at radius 1 is 1.22 bits per heavy atom. The average Bonchev–Trinajstić information content (AvgIpc) is 2.94. The number of nitrogens with zero attached hydrogens (tertiary/aromatic N) is 3. The second kappa shape index (κ2) is 7.85. The minimum Gasteiger partial charge on any atom is -0.395 e. The van der Waals surface area contributed by atoms with Crippen molar-refractivity contribution in [3.63, 3.8) is 0 Å². The van der Waals surface area contributed by atoms with Crippen LogP contribution in [0.25, 0.3) is 0 Å². The van der Waals surface area contributed by atoms with E-state index in [0.29, 0.717) is 23.9 Å². The van der Waals surface area contributed by atoms with Crippen molar-refractivity contribution in [1.82, 2.24) is 20.2 Å². The van der Waals surface area contributed by atoms with E-state index in [2.05, 4.69) is 25.5 Å². The fourth-order valence-corrected chi connectivity index (χ4v) is 3.64. The zero-order valence-corrected chi connectivity index (χ0v) is 15.9. The van der Waals surface area contributed by atoms with Crippen molar-refractivity contribution in [2.24, 2.45) is 0 Å². The number of H-pyrrole nitrogens is 1. The molecule has 0 atom stereocenters. The summed E-state index contributed by atoms with van der Waals surface area (Å²) < 4.78 is 24.2. The molecule has 1 aromatic carbocycles. The summed E-state index contributed by atoms with van der Waals surface area (Å²) in [7, 11) is -3.49. The summed E-state index contributed by atoms with van der Waals surface area (Å²) in [6, 6.07) is 8.36. The highest BCUT2D eigenvalue weighted by Gasteiger charge is 2.14. The van der Waals surface area contributed by atoms with E-state index in [9.17, 15) is 8.42 Å². The van der Waals surface area contributed by atoms with Crippen LogP contribution in [0.2, 0.25) is 0 Å². The van der Waals surface area contributed by atoms with Gasteiger partial charge in [-0.3, -0.25) is 5.10 Å². The van der Waals surface area contributed by atoms with Gasteiger partial charge in [0.2, 0.25) is 0 Å². The van der Waals surface area contributed by atoms with E-state index >= 15 is 0 Å². The molecule has 142 valence electrons. The van der Waals surface area contributed by atoms with Crippen molar-refractivity contribution >= 4 is 21.5 Å². The highest BCUT2D eigenvalue weighted by atomic mass is 32.2. The molecule has 0 aliphatic heterocycles. The Hall–Kier alpha value is -2.78. The van der Waals surface area contributed by atoms with Crippen LogP contribution in [0.4, 0.5) is 11.6 Å². The van der Waals surface area contributed by atoms with E-state index in [1.54, 1.807) is 24.4 Å². The van der Waals surface area contributed by atoms with Crippen molar-refractivity contribution in [3.05, 3.63) is 59.2 Å². The van der Waals surface area contributed by atoms with Crippen LogP contribution < -0.4 is 5.32 Å². The Kier molecular flexibility index (Phi) is 5.52. The fraction of sp³-hybridized carbons (Fsp3) is 0.278. The maximum Gasteiger partial charge on any atom is 0.180 e. The van der Waals surface area contributed by atoms with Gasteiger partial charge in [0.15, 0.2) is 15.7 Å². The van der Waals surface area contributed by atoms with E-state index in [-0.39, 0.29) is 10.6 Å². The summed E-state index contributed by atoms with van der Waals surface area (Å²) in [4.78, 5) is 8.93. The molecule has 0 aliphatic carbocycles. The maximum absolute atomic E-state index is 12.1. The van der Waals surface area contributed by atoms with Gasteiger partial charge in [-0.15, -0.1) is 0 Å². The molecule has 9 heteroatoms. The first-order valence-electron chi connectivity index (χ1n) is 8.42. The predicted molar refractivity (Wildman–Crippen MR) is 102 cm³/mol. The summed E-state index contributed by atoms with van der Waals surface area (Å²) in [6.45, 7) is 3.49. The zero-order chi connectivity index (χ0) is 19.4. The number of sulfone groups is 1. The van der Waals surface area contributed by atoms with Gasteiger partial charge in [-0.2, -0.15) is 5.10 Å². The summed E-state index contributed by atoms with van der Waals surface area (Å²) in [5, 5.41) is 19.2. The molecule has 0 fully saturated rings. The average molecular weight is 387 g/mol. The molecule has 2 aromatic heterocycles. The van der Waals surface area contributed by atoms with Crippen LogP contribution in [0.1, 0.15) is 22.6 Å². The largest absolute Gasteiger partial charge is 0.395 e. The van der Waals surface area contributed by atoms with Crippen molar-refractivity contribution in [2.75, 3.05) is 17.7 Å². The lowest BCUT2D eigenvalue weighted by Crippen LogP contribution is -2.10. The lowest BCUT2D eigenvalue weighted by atomic mass is 10.1. The van der Waals surface area contributed by atoms with Gasteiger partial charge in [-0.05, 0) is 37.6 Å². The lowest BCUT2D eigenvalue weighted by Gasteiger charge is -2.07. The highest BCUT2D eigenvalue weighted by Crippen LogP contribution is 2.19. The second-order valence-corrected chi connectivity index (χ2v) is 8.28. The topological polar surface area (TPSA) is 121 Å². The summed E-state index contributed by atoms with van der Waals surface area (Å²) >= 11 is 0. The van der Waals surface area contributed by atoms with Gasteiger partial charge in [-0.1, -0.05) is 12.1 Å². The number of aryl methyl sites for hydroxylation is 1. The quantitative estimate of drug-likeness (QED) is 0.566. The molecule has 3 aromatic rings. The minimum atomic E-state index is -3.49. The Morgan fingerprint density at radius 2 is 2.04 bits per heavy atom. The molecule has 3 N–H and O–H groups in total. The Labute approximate surface area is 157 Å². The molecule has 2 heterocycles. The van der Waals surface area contributed by atoms with Gasteiger partial charge >= 0.3 is 0 Å². The third-order valence-electron chi connectivity index (χ3n) is 4.18. The smallest absolute Gasteiger partial charge is 0.180 e. The fourth-order valence-electron chi connectivity index (χ4n) is 2.55. The summed E-state index contributed by atoms with van der Waals surface area (Å²) in [5.41, 5.74) is 2.77. The van der Waals surface area contributed by atoms with Crippen LogP contribution in [0, 0.1) is 13.8 Å². The Balaban J connectivity index is 1.80. The van der Waals surface area contributed by atoms with E-state index in [4.69, 9.17) is 5.11 Å². The molecule has 0 saturated carbocycles. The number of hydrogen-bond donors (Lipinski definition) is 3. The van der Waals surface area contributed by atoms with Crippen LogP contribution >= 0.6 is 0 Å². The first kappa shape index (κ1) is 19.0. The Morgan fingerprint density at radius 3 is 2.74 bits per heavy atom. The summed E-state index contributed by atoms with van der Waals surface area (Å²) in [5.74, 6) is 1.57. The highest BCUT2D eigenvalue weighted by molar-refractivity contribution is 7.91. The first-order chi connectivity index (χ1) is 12.9. The normalized spacial score (nSPS) is 11.5. The number of hydrogen-bond acceptors (Lipinski definition) is 7. The standard InChI is InChI=1S/C18H21N5O3S/c1-12-13(2)22-23-18(12)21-16-6-7-19-17(20-16)11-14-4-3-5-15(10-14)27(25,26)9-8-24/h3-7,10,24H,8-9,11H2,1-2H3,(H2,19,20,21,22,23). The monoisotopic (exact) mass is 387 g/mol. The van der Waals surface area contributed by atoms with Crippen LogP contribution in [0.15, 0.2) is 41.4 Å². The molecular formula is C18H21N5O3S. The third kappa shape index (κ3) is 4.50. The van der Waals surface area contributed by atoms with E-state index in [1.807, 2.05) is 19.9 Å². The lowest BCUT2D eigenvalue weighted by molar-refractivity contribution is 0.319. The van der Waals surface area contributed by atoms with Gasteiger partial charge in [0.25, 0.3) is 0 Å². The van der Waals surface area contributed by atoms with Crippen molar-refractivity contribution in [2.45, 2.75) is 25.2 Å². The molecule has 3 rings (SSSR count). The van der Waals surface area contributed by atoms with Crippen LogP contribution in [0.5, 0.6) is 0 Å². The van der Waals surface area contributed by atoms with Crippen molar-refractivity contribution in [3.8, 4) is 0 Å². The van der Waals surface area contributed by atoms with E-state index in [1.165, 1.54) is 6.07 Å². The number of aliphatic hydroxyl groups excluding tert-OH is 1. The number of nitrogens with one attached hydrogen (secondary N) is 2. The molecule has 8 nitrogen and oxygen atoms in total. The van der Waals surface area contributed by atoms with Gasteiger partial charge in [0.05, 0.1) is 17.3 Å². The number of rotatable bonds is 7. The second-order valence-electron chi connectivity index (χ2n) is 6.17. The van der Waals surface area contributed by atoms with E-state index < -0.39 is 16.4 Å². The van der Waals surface area contributed by atoms with Crippen LogP contribution in [-0.4, -0.2) is 46.0 Å². The minimum absolute atomic E-state index is 0.186. The van der Waals surface area contributed by atoms with Gasteiger partial charge in [-0.25, -0.2) is 18.4 Å². The number of aromatic nitrogens is 4. The molecule has 27 heavy (non-hydrogen) atoms. The molecule has 0 aliphatic rings. The predicted octanol–water partition coefficient (Wildman–Crippen LogP) is 1.92. The van der Waals surface area contributed by atoms with Gasteiger partial charge in [0, 0.05) is 23.9 Å². The molecule has 0 saturated heterocycles. The number of benzene rings is 1. The zero-order valence-electron chi connectivity index (χ0n) is 15.1. The molecule has 0 amide bonds. The third-order valence-corrected chi connectivity index (χ3v) is 5.88. The molecule has 0 spiro atoms. The number of anilines is 2. The number of aromatic amines is 1. The molecule has 0 radical (unpaired) electrons. The van der Waals surface area contributed by atoms with Gasteiger partial charge < -0.3 is 10.4 Å². The SMILES string of the molecule is Cc1[nH]nc(Nc2ccnc(Cc3cccc(S(=O)(=O)CCO)c3)n2)c1C. The first-order valence-corrected chi connectivity index (χ1v) is 10.1. The molecular weight excluding hydrogens is 366 g/mol. The number of aliphatic hydroxyl groups is 1. The van der Waals surface area contributed by atoms with Crippen LogP contribution in [0.3, 0.4) is 0 Å². The van der Waals surface area contributed by atoms with E-state index in [0.717, 1.165) is 16.8 Å². The Bertz CT molecular complexity index is 1050. The van der Waals surface area contributed by atoms with Gasteiger partial charge in [0.1, 0.15) is 11.6 Å². The summed E-state index contributed by atoms with van der Waals surface area (Å²) in [6.07, 6.45) is 2.03. The van der Waals surface area contributed by atoms with Crippen molar-refractivity contribution in [1.29, 1.82) is 0 Å². The molecule has 0 bridgehead atoms. The maximum atomic E-state index is 12.1. The molecule has 0 unspecified atom stereocenters. The van der Waals surface area contributed by atoms with Crippen LogP contribution in [-0.2, 0) is 16.3 Å². The van der Waals surface area contributed by atoms with Crippen molar-refractivity contribution < 1.29 is 13.5 Å².